The highest BCUT2D eigenvalue weighted by Crippen LogP contribution is 2.34. The molecule has 5 rings (SSSR count). The summed E-state index contributed by atoms with van der Waals surface area (Å²) in [6.07, 6.45) is 3.33. The molecule has 4 aromatic rings. The molecule has 0 saturated carbocycles. The van der Waals surface area contributed by atoms with Crippen molar-refractivity contribution in [3.63, 3.8) is 0 Å². The summed E-state index contributed by atoms with van der Waals surface area (Å²) in [5.74, 6) is -1.13. The quantitative estimate of drug-likeness (QED) is 0.377. The Labute approximate surface area is 193 Å². The van der Waals surface area contributed by atoms with Crippen molar-refractivity contribution in [3.8, 4) is 5.69 Å². The summed E-state index contributed by atoms with van der Waals surface area (Å²) in [4.78, 5) is 41.8. The molecule has 0 radical (unpaired) electrons. The Morgan fingerprint density at radius 3 is 2.18 bits per heavy atom. The van der Waals surface area contributed by atoms with Crippen molar-refractivity contribution in [1.82, 2.24) is 9.78 Å². The largest absolute Gasteiger partial charge is 0.331 e. The average molecular weight is 458 g/mol. The van der Waals surface area contributed by atoms with Crippen LogP contribution in [0.15, 0.2) is 90.0 Å². The van der Waals surface area contributed by atoms with E-state index in [9.17, 15) is 14.4 Å². The molecule has 0 bridgehead atoms. The molecular weight excluding hydrogens is 440 g/mol. The van der Waals surface area contributed by atoms with Crippen LogP contribution in [0, 0.1) is 6.92 Å². The molecule has 0 unspecified atom stereocenters. The summed E-state index contributed by atoms with van der Waals surface area (Å²) >= 11 is 6.12. The Morgan fingerprint density at radius 2 is 1.48 bits per heavy atom. The minimum atomic E-state index is -0.590. The van der Waals surface area contributed by atoms with Crippen molar-refractivity contribution >= 4 is 40.4 Å². The zero-order valence-electron chi connectivity index (χ0n) is 17.5. The van der Waals surface area contributed by atoms with Gasteiger partial charge >= 0.3 is 5.91 Å². The molecule has 0 atom stereocenters. The molecule has 1 aliphatic heterocycles. The molecule has 2 aromatic heterocycles. The predicted octanol–water partition coefficient (Wildman–Crippen LogP) is 3.36. The lowest BCUT2D eigenvalue weighted by molar-refractivity contribution is -0.576. The number of H-pyrrole nitrogens is 1. The van der Waals surface area contributed by atoms with Gasteiger partial charge in [-0.3, -0.25) is 19.5 Å². The van der Waals surface area contributed by atoms with E-state index in [1.807, 2.05) is 18.2 Å². The van der Waals surface area contributed by atoms with E-state index in [0.29, 0.717) is 22.1 Å². The highest BCUT2D eigenvalue weighted by Gasteiger charge is 2.47. The predicted molar refractivity (Wildman–Crippen MR) is 125 cm³/mol. The number of nitrogens with zero attached hydrogens (tertiary/aromatic N) is 3. The summed E-state index contributed by atoms with van der Waals surface area (Å²) in [5.41, 5.74) is 1.28. The van der Waals surface area contributed by atoms with Gasteiger partial charge in [0.25, 0.3) is 17.2 Å². The number of anilines is 1. The van der Waals surface area contributed by atoms with Crippen molar-refractivity contribution in [1.29, 1.82) is 0 Å². The number of aromatic amines is 1. The molecule has 33 heavy (non-hydrogen) atoms. The molecule has 2 amide bonds. The van der Waals surface area contributed by atoms with Gasteiger partial charge in [-0.25, -0.2) is 9.58 Å². The van der Waals surface area contributed by atoms with Crippen LogP contribution in [0.1, 0.15) is 11.3 Å². The Bertz CT molecular complexity index is 1490. The third kappa shape index (κ3) is 3.39. The van der Waals surface area contributed by atoms with Gasteiger partial charge in [-0.15, -0.1) is 0 Å². The van der Waals surface area contributed by atoms with Gasteiger partial charge < -0.3 is 0 Å². The minimum Gasteiger partial charge on any atom is -0.295 e. The Hall–Kier alpha value is -4.23. The van der Waals surface area contributed by atoms with E-state index >= 15 is 0 Å². The van der Waals surface area contributed by atoms with Gasteiger partial charge in [0, 0.05) is 22.8 Å². The van der Waals surface area contributed by atoms with E-state index in [-0.39, 0.29) is 16.8 Å². The summed E-state index contributed by atoms with van der Waals surface area (Å²) in [7, 11) is 0. The topological polar surface area (TPSA) is 79.1 Å². The van der Waals surface area contributed by atoms with Gasteiger partial charge in [-0.1, -0.05) is 41.9 Å². The van der Waals surface area contributed by atoms with E-state index in [2.05, 4.69) is 5.10 Å². The molecule has 0 aliphatic carbocycles. The van der Waals surface area contributed by atoms with Crippen molar-refractivity contribution in [2.45, 2.75) is 6.92 Å². The first-order chi connectivity index (χ1) is 16.0. The molecule has 0 spiro atoms. The maximum absolute atomic E-state index is 13.7. The van der Waals surface area contributed by atoms with E-state index in [4.69, 9.17) is 11.6 Å². The van der Waals surface area contributed by atoms with Gasteiger partial charge in [0.2, 0.25) is 0 Å². The van der Waals surface area contributed by atoms with Crippen molar-refractivity contribution < 1.29 is 14.2 Å². The molecular formula is C25H18ClN4O3+. The second-order valence-corrected chi connectivity index (χ2v) is 7.96. The maximum atomic E-state index is 13.7. The van der Waals surface area contributed by atoms with Crippen molar-refractivity contribution in [3.05, 3.63) is 112 Å². The normalized spacial score (nSPS) is 13.8. The number of amides is 2. The number of imide groups is 1. The maximum Gasteiger partial charge on any atom is 0.331 e. The summed E-state index contributed by atoms with van der Waals surface area (Å²) in [6, 6.07) is 20.8. The second kappa shape index (κ2) is 8.03. The fourth-order valence-corrected chi connectivity index (χ4v) is 4.16. The number of carbonyl (C=O) groups excluding carboxylic acids is 2. The molecule has 1 aliphatic rings. The van der Waals surface area contributed by atoms with Crippen molar-refractivity contribution in [2.24, 2.45) is 0 Å². The first-order valence-electron chi connectivity index (χ1n) is 10.2. The van der Waals surface area contributed by atoms with Crippen LogP contribution in [0.3, 0.4) is 0 Å². The molecule has 8 heteroatoms. The molecule has 162 valence electrons. The number of hydrogen-bond donors (Lipinski definition) is 1. The van der Waals surface area contributed by atoms with Crippen LogP contribution >= 0.6 is 11.6 Å². The highest BCUT2D eigenvalue weighted by atomic mass is 35.5. The number of benzene rings is 2. The van der Waals surface area contributed by atoms with Gasteiger partial charge in [0.05, 0.1) is 16.9 Å². The van der Waals surface area contributed by atoms with E-state index in [1.54, 1.807) is 78.5 Å². The number of rotatable bonds is 4. The van der Waals surface area contributed by atoms with Crippen LogP contribution in [0.4, 0.5) is 5.69 Å². The van der Waals surface area contributed by atoms with Crippen LogP contribution in [0.25, 0.3) is 17.0 Å². The second-order valence-electron chi connectivity index (χ2n) is 7.52. The van der Waals surface area contributed by atoms with Gasteiger partial charge in [0.15, 0.2) is 12.4 Å². The van der Waals surface area contributed by atoms with Crippen LogP contribution in [-0.4, -0.2) is 21.6 Å². The van der Waals surface area contributed by atoms with Crippen LogP contribution in [0.5, 0.6) is 0 Å². The number of hydrogen-bond acceptors (Lipinski definition) is 3. The number of nitrogens with one attached hydrogen (secondary N) is 1. The number of aryl methyl sites for hydroxylation is 1. The van der Waals surface area contributed by atoms with Crippen LogP contribution in [0.2, 0.25) is 5.02 Å². The lowest BCUT2D eigenvalue weighted by Crippen LogP contribution is -2.39. The third-order valence-electron chi connectivity index (χ3n) is 5.44. The molecule has 0 saturated heterocycles. The number of carbonyl (C=O) groups is 2. The van der Waals surface area contributed by atoms with Gasteiger partial charge in [0.1, 0.15) is 5.57 Å². The lowest BCUT2D eigenvalue weighted by atomic mass is 10.1. The summed E-state index contributed by atoms with van der Waals surface area (Å²) in [5, 5.41) is 3.42. The van der Waals surface area contributed by atoms with Gasteiger partial charge in [-0.2, -0.15) is 4.57 Å². The fourth-order valence-electron chi connectivity index (χ4n) is 3.98. The first kappa shape index (κ1) is 20.7. The lowest BCUT2D eigenvalue weighted by Gasteiger charge is -2.14. The minimum absolute atomic E-state index is 0.0320. The zero-order chi connectivity index (χ0) is 23.1. The standard InChI is InChI=1S/C25H17ClN4O3/c1-16-20(24(32)30(27-16)18-10-4-2-5-11-18)21-22(28-13-6-3-7-14-28)25(33)29(23(21)31)19-12-8-9-17(26)15-19/h2-15H,1H3/p+1. The number of para-hydroxylation sites is 1. The molecule has 2 aromatic carbocycles. The number of halogens is 1. The van der Waals surface area contributed by atoms with Crippen LogP contribution in [-0.2, 0) is 9.59 Å². The van der Waals surface area contributed by atoms with Crippen molar-refractivity contribution in [2.75, 3.05) is 4.90 Å². The molecule has 0 fully saturated rings. The smallest absolute Gasteiger partial charge is 0.295 e. The van der Waals surface area contributed by atoms with Gasteiger partial charge in [-0.05, 0) is 37.3 Å². The zero-order valence-corrected chi connectivity index (χ0v) is 18.3. The SMILES string of the molecule is Cc1[nH]n(-c2ccccc2)c(=O)c1C1=C([n+]2ccccc2)C(=O)N(c2cccc(Cl)c2)C1=O. The summed E-state index contributed by atoms with van der Waals surface area (Å²) < 4.78 is 2.92. The average Bonchev–Trinajstić information content (AvgIpc) is 3.25. The Balaban J connectivity index is 1.76. The molecule has 7 nitrogen and oxygen atoms in total. The van der Waals surface area contributed by atoms with E-state index in [1.165, 1.54) is 4.68 Å². The van der Waals surface area contributed by atoms with E-state index < -0.39 is 17.4 Å². The highest BCUT2D eigenvalue weighted by molar-refractivity contribution is 6.53. The Morgan fingerprint density at radius 1 is 0.818 bits per heavy atom. The number of pyridine rings is 1. The molecule has 3 heterocycles. The third-order valence-corrected chi connectivity index (χ3v) is 5.67. The number of aromatic nitrogens is 3. The fraction of sp³-hybridized carbons (Fsp3) is 0.0400. The monoisotopic (exact) mass is 457 g/mol. The molecule has 1 N–H and O–H groups in total. The van der Waals surface area contributed by atoms with Crippen LogP contribution < -0.4 is 15.0 Å². The summed E-state index contributed by atoms with van der Waals surface area (Å²) in [6.45, 7) is 1.70. The van der Waals surface area contributed by atoms with E-state index in [0.717, 1.165) is 4.90 Å². The Kier molecular flexibility index (Phi) is 5.03. The first-order valence-corrected chi connectivity index (χ1v) is 10.6.